The molecule has 3 aromatic rings. The van der Waals surface area contributed by atoms with Crippen molar-refractivity contribution in [2.45, 2.75) is 83.6 Å². The molecular weight excluding hydrogens is 655 g/mol. The number of amides is 3. The van der Waals surface area contributed by atoms with Crippen LogP contribution in [-0.2, 0) is 20.7 Å². The van der Waals surface area contributed by atoms with Crippen LogP contribution >= 0.6 is 0 Å². The minimum absolute atomic E-state index is 0.0193. The normalized spacial score (nSPS) is 20.8. The molecule has 3 fully saturated rings. The van der Waals surface area contributed by atoms with Crippen LogP contribution in [0, 0.1) is 5.82 Å². The molecule has 274 valence electrons. The molecule has 0 radical (unpaired) electrons. The third kappa shape index (κ3) is 8.93. The Bertz CT molecular complexity index is 1790. The molecular formula is C38H49FN6O6. The van der Waals surface area contributed by atoms with Gasteiger partial charge in [-0.3, -0.25) is 19.3 Å². The summed E-state index contributed by atoms with van der Waals surface area (Å²) in [6.45, 7) is 11.5. The lowest BCUT2D eigenvalue weighted by Gasteiger charge is -2.40. The quantitative estimate of drug-likeness (QED) is 0.388. The van der Waals surface area contributed by atoms with Crippen molar-refractivity contribution in [3.63, 3.8) is 0 Å². The Hall–Kier alpha value is -4.36. The van der Waals surface area contributed by atoms with Crippen molar-refractivity contribution < 1.29 is 28.2 Å². The highest BCUT2D eigenvalue weighted by molar-refractivity contribution is 5.95. The second-order valence-corrected chi connectivity index (χ2v) is 15.0. The number of fused-ring (bicyclic) bond motifs is 1. The minimum Gasteiger partial charge on any atom is -0.444 e. The fourth-order valence-electron chi connectivity index (χ4n) is 7.29. The summed E-state index contributed by atoms with van der Waals surface area (Å²) in [6.07, 6.45) is 3.51. The van der Waals surface area contributed by atoms with Gasteiger partial charge in [0.2, 0.25) is 5.91 Å². The van der Waals surface area contributed by atoms with Crippen LogP contribution in [0.2, 0.25) is 0 Å². The van der Waals surface area contributed by atoms with Crippen molar-refractivity contribution in [1.29, 1.82) is 0 Å². The number of rotatable bonds is 7. The van der Waals surface area contributed by atoms with Crippen LogP contribution in [0.3, 0.4) is 0 Å². The lowest BCUT2D eigenvalue weighted by molar-refractivity contribution is -0.135. The Balaban J connectivity index is 0.941. The Labute approximate surface area is 297 Å². The van der Waals surface area contributed by atoms with Gasteiger partial charge >= 0.3 is 6.09 Å². The summed E-state index contributed by atoms with van der Waals surface area (Å²) < 4.78 is 27.0. The van der Waals surface area contributed by atoms with Gasteiger partial charge in [-0.05, 0) is 77.1 Å². The molecule has 3 amide bonds. The molecule has 2 atom stereocenters. The third-order valence-corrected chi connectivity index (χ3v) is 10.1. The number of aromatic amines is 1. The van der Waals surface area contributed by atoms with Gasteiger partial charge in [-0.2, -0.15) is 5.10 Å². The number of halogens is 1. The van der Waals surface area contributed by atoms with Crippen LogP contribution in [0.4, 0.5) is 9.18 Å². The van der Waals surface area contributed by atoms with E-state index in [1.807, 2.05) is 39.8 Å². The topological polar surface area (TPSA) is 128 Å². The number of H-pyrrole nitrogens is 1. The first-order valence-electron chi connectivity index (χ1n) is 18.0. The average Bonchev–Trinajstić information content (AvgIpc) is 3.10. The predicted octanol–water partition coefficient (Wildman–Crippen LogP) is 4.21. The predicted molar refractivity (Wildman–Crippen MR) is 190 cm³/mol. The molecule has 0 spiro atoms. The highest BCUT2D eigenvalue weighted by atomic mass is 19.1. The van der Waals surface area contributed by atoms with Gasteiger partial charge in [-0.1, -0.05) is 24.3 Å². The summed E-state index contributed by atoms with van der Waals surface area (Å²) in [6, 6.07) is 11.7. The van der Waals surface area contributed by atoms with E-state index < -0.39 is 17.3 Å². The number of ether oxygens (including phenoxy) is 2. The first kappa shape index (κ1) is 36.4. The van der Waals surface area contributed by atoms with Crippen LogP contribution in [-0.4, -0.2) is 124 Å². The summed E-state index contributed by atoms with van der Waals surface area (Å²) >= 11 is 0. The number of likely N-dealkylation sites (tertiary alicyclic amines) is 2. The van der Waals surface area contributed by atoms with Crippen LogP contribution in [0.15, 0.2) is 47.3 Å². The molecule has 0 saturated carbocycles. The maximum Gasteiger partial charge on any atom is 0.410 e. The van der Waals surface area contributed by atoms with Gasteiger partial charge in [-0.25, -0.2) is 14.3 Å². The standard InChI is InChI=1S/C38H49FN6O6/c1-25-21-28(13-16-45(25)37(49)51-38(2,3)4)50-27-11-14-42(15-12-27)24-34(46)43-17-19-44(20-18-43)36(48)31-22-26(9-10-32(31)39)23-33-29-7-5-6-8-30(29)35(47)41-40-33/h5-10,22,25,27-28H,11-21,23-24H2,1-4H3,(H,41,47)/t25-,28-/m0/s1. The van der Waals surface area contributed by atoms with Gasteiger partial charge in [0.1, 0.15) is 11.4 Å². The molecule has 3 saturated heterocycles. The van der Waals surface area contributed by atoms with Crippen molar-refractivity contribution in [2.75, 3.05) is 52.4 Å². The fourth-order valence-corrected chi connectivity index (χ4v) is 7.29. The summed E-state index contributed by atoms with van der Waals surface area (Å²) in [5, 5.41) is 7.96. The highest BCUT2D eigenvalue weighted by Crippen LogP contribution is 2.26. The molecule has 2 aromatic carbocycles. The minimum atomic E-state index is -0.602. The fraction of sp³-hybridized carbons (Fsp3) is 0.553. The number of hydrogen-bond acceptors (Lipinski definition) is 8. The molecule has 0 bridgehead atoms. The number of benzene rings is 2. The van der Waals surface area contributed by atoms with Crippen molar-refractivity contribution in [1.82, 2.24) is 29.8 Å². The molecule has 1 aromatic heterocycles. The van der Waals surface area contributed by atoms with E-state index in [9.17, 15) is 23.6 Å². The van der Waals surface area contributed by atoms with Crippen molar-refractivity contribution >= 4 is 28.7 Å². The summed E-state index contributed by atoms with van der Waals surface area (Å²) in [7, 11) is 0. The zero-order valence-electron chi connectivity index (χ0n) is 30.0. The largest absolute Gasteiger partial charge is 0.444 e. The number of nitrogens with zero attached hydrogens (tertiary/aromatic N) is 5. The molecule has 4 heterocycles. The molecule has 3 aliphatic heterocycles. The monoisotopic (exact) mass is 704 g/mol. The van der Waals surface area contributed by atoms with Gasteiger partial charge in [0.25, 0.3) is 11.5 Å². The molecule has 13 heteroatoms. The summed E-state index contributed by atoms with van der Waals surface area (Å²) in [5.74, 6) is -0.985. The van der Waals surface area contributed by atoms with E-state index in [2.05, 4.69) is 15.1 Å². The molecule has 0 aliphatic carbocycles. The number of carbonyl (C=O) groups excluding carboxylic acids is 3. The molecule has 1 N–H and O–H groups in total. The lowest BCUT2D eigenvalue weighted by atomic mass is 10.00. The van der Waals surface area contributed by atoms with E-state index in [-0.39, 0.29) is 41.4 Å². The zero-order chi connectivity index (χ0) is 36.3. The number of hydrogen-bond donors (Lipinski definition) is 1. The summed E-state index contributed by atoms with van der Waals surface area (Å²) in [5.41, 5.74) is 0.508. The molecule has 0 unspecified atom stereocenters. The molecule has 3 aliphatic rings. The SMILES string of the molecule is C[C@H]1C[C@@H](OC2CCN(CC(=O)N3CCN(C(=O)c4cc(Cc5n[nH]c(=O)c6ccccc56)ccc4F)CC3)CC2)CCN1C(=O)OC(C)(C)C. The second-order valence-electron chi connectivity index (χ2n) is 15.0. The Kier molecular flexibility index (Phi) is 11.1. The number of piperidine rings is 2. The molecule has 12 nitrogen and oxygen atoms in total. The first-order valence-corrected chi connectivity index (χ1v) is 18.0. The van der Waals surface area contributed by atoms with Gasteiger partial charge < -0.3 is 24.2 Å². The number of piperazine rings is 1. The van der Waals surface area contributed by atoms with Crippen molar-refractivity contribution in [2.24, 2.45) is 0 Å². The van der Waals surface area contributed by atoms with Gasteiger partial charge in [-0.15, -0.1) is 0 Å². The van der Waals surface area contributed by atoms with Crippen molar-refractivity contribution in [3.8, 4) is 0 Å². The van der Waals surface area contributed by atoms with Crippen molar-refractivity contribution in [3.05, 3.63) is 75.5 Å². The van der Waals surface area contributed by atoms with E-state index in [1.54, 1.807) is 39.0 Å². The van der Waals surface area contributed by atoms with Gasteiger partial charge in [0, 0.05) is 63.7 Å². The zero-order valence-corrected chi connectivity index (χ0v) is 30.0. The number of aromatic nitrogens is 2. The van der Waals surface area contributed by atoms with E-state index in [0.29, 0.717) is 67.7 Å². The smallest absolute Gasteiger partial charge is 0.410 e. The van der Waals surface area contributed by atoms with Crippen LogP contribution in [0.5, 0.6) is 0 Å². The third-order valence-electron chi connectivity index (χ3n) is 10.1. The maximum absolute atomic E-state index is 14.9. The Morgan fingerprint density at radius 3 is 2.25 bits per heavy atom. The van der Waals surface area contributed by atoms with Crippen LogP contribution in [0.1, 0.15) is 75.0 Å². The van der Waals surface area contributed by atoms with Crippen LogP contribution in [0.25, 0.3) is 10.8 Å². The van der Waals surface area contributed by atoms with E-state index in [1.165, 1.54) is 6.07 Å². The molecule has 6 rings (SSSR count). The Morgan fingerprint density at radius 2 is 1.57 bits per heavy atom. The van der Waals surface area contributed by atoms with E-state index in [4.69, 9.17) is 9.47 Å². The number of nitrogens with one attached hydrogen (secondary N) is 1. The Morgan fingerprint density at radius 1 is 0.902 bits per heavy atom. The maximum atomic E-state index is 14.9. The lowest BCUT2D eigenvalue weighted by Crippen LogP contribution is -2.53. The number of carbonyl (C=O) groups is 3. The van der Waals surface area contributed by atoms with Gasteiger partial charge in [0.15, 0.2) is 0 Å². The van der Waals surface area contributed by atoms with E-state index in [0.717, 1.165) is 38.8 Å². The van der Waals surface area contributed by atoms with Crippen LogP contribution < -0.4 is 5.56 Å². The summed E-state index contributed by atoms with van der Waals surface area (Å²) in [4.78, 5) is 58.7. The average molecular weight is 705 g/mol. The highest BCUT2D eigenvalue weighted by Gasteiger charge is 2.34. The molecule has 51 heavy (non-hydrogen) atoms. The van der Waals surface area contributed by atoms with E-state index >= 15 is 0 Å². The first-order chi connectivity index (χ1) is 24.3. The second kappa shape index (κ2) is 15.5. The van der Waals surface area contributed by atoms with Gasteiger partial charge in [0.05, 0.1) is 35.4 Å².